The van der Waals surface area contributed by atoms with Crippen molar-refractivity contribution in [1.29, 1.82) is 0 Å². The molecule has 0 aromatic heterocycles. The van der Waals surface area contributed by atoms with E-state index >= 15 is 0 Å². The Bertz CT molecular complexity index is 295. The second-order valence-corrected chi connectivity index (χ2v) is 7.03. The lowest BCUT2D eigenvalue weighted by Gasteiger charge is -2.53. The molecule has 0 bridgehead atoms. The number of carbonyl (C=O) groups is 2. The maximum atomic E-state index is 11.8. The molecule has 0 aromatic carbocycles. The lowest BCUT2D eigenvalue weighted by atomic mass is 9.48. The van der Waals surface area contributed by atoms with Gasteiger partial charge in [0.25, 0.3) is 0 Å². The molecule has 92 valence electrons. The summed E-state index contributed by atoms with van der Waals surface area (Å²) in [7, 11) is 0. The molecule has 0 saturated heterocycles. The Morgan fingerprint density at radius 3 is 1.56 bits per heavy atom. The van der Waals surface area contributed by atoms with Crippen molar-refractivity contribution in [3.05, 3.63) is 0 Å². The Kier molecular flexibility index (Phi) is 2.86. The van der Waals surface area contributed by atoms with Gasteiger partial charge >= 0.3 is 0 Å². The third-order valence-electron chi connectivity index (χ3n) is 5.00. The normalized spacial score (nSPS) is 26.4. The Morgan fingerprint density at radius 1 is 0.938 bits per heavy atom. The molecular formula is C14H24O2. The molecule has 0 N–H and O–H groups in total. The quantitative estimate of drug-likeness (QED) is 0.690. The summed E-state index contributed by atoms with van der Waals surface area (Å²) in [4.78, 5) is 23.2. The van der Waals surface area contributed by atoms with Crippen molar-refractivity contribution in [3.63, 3.8) is 0 Å². The highest BCUT2D eigenvalue weighted by Crippen LogP contribution is 2.67. The molecule has 1 fully saturated rings. The second kappa shape index (κ2) is 3.41. The summed E-state index contributed by atoms with van der Waals surface area (Å²) in [6.45, 7) is 12.2. The van der Waals surface area contributed by atoms with Crippen LogP contribution >= 0.6 is 0 Å². The molecule has 1 saturated carbocycles. The van der Waals surface area contributed by atoms with Crippen molar-refractivity contribution in [1.82, 2.24) is 0 Å². The van der Waals surface area contributed by atoms with Gasteiger partial charge in [0.15, 0.2) is 0 Å². The summed E-state index contributed by atoms with van der Waals surface area (Å²) in [6.07, 6.45) is 4.00. The molecule has 0 aromatic rings. The highest BCUT2D eigenvalue weighted by Gasteiger charge is 2.66. The smallest absolute Gasteiger partial charge is 0.128 e. The molecule has 0 radical (unpaired) electrons. The number of rotatable bonds is 3. The molecule has 0 heterocycles. The molecule has 2 heteroatoms. The van der Waals surface area contributed by atoms with Gasteiger partial charge in [0.1, 0.15) is 12.6 Å². The van der Waals surface area contributed by atoms with Crippen molar-refractivity contribution in [3.8, 4) is 0 Å². The minimum atomic E-state index is -0.613. The van der Waals surface area contributed by atoms with Crippen molar-refractivity contribution in [2.45, 2.75) is 54.4 Å². The summed E-state index contributed by atoms with van der Waals surface area (Å²) in [6, 6.07) is 0. The SMILES string of the molecule is CC(C)(C=O)C1(C=O)C(C)(C)CCC1(C)C. The van der Waals surface area contributed by atoms with Crippen LogP contribution < -0.4 is 0 Å². The highest BCUT2D eigenvalue weighted by atomic mass is 16.1. The van der Waals surface area contributed by atoms with Gasteiger partial charge in [-0.15, -0.1) is 0 Å². The highest BCUT2D eigenvalue weighted by molar-refractivity contribution is 5.75. The number of carbonyl (C=O) groups excluding carboxylic acids is 2. The van der Waals surface area contributed by atoms with Gasteiger partial charge in [-0.25, -0.2) is 0 Å². The fourth-order valence-corrected chi connectivity index (χ4v) is 4.24. The summed E-state index contributed by atoms with van der Waals surface area (Å²) < 4.78 is 0. The lowest BCUT2D eigenvalue weighted by molar-refractivity contribution is -0.152. The first kappa shape index (κ1) is 13.4. The van der Waals surface area contributed by atoms with E-state index in [0.717, 1.165) is 25.4 Å². The minimum Gasteiger partial charge on any atom is -0.303 e. The molecule has 2 nitrogen and oxygen atoms in total. The molecule has 0 spiro atoms. The molecule has 0 atom stereocenters. The van der Waals surface area contributed by atoms with Crippen LogP contribution in [0.2, 0.25) is 0 Å². The van der Waals surface area contributed by atoms with E-state index in [0.29, 0.717) is 0 Å². The van der Waals surface area contributed by atoms with Gasteiger partial charge in [-0.3, -0.25) is 0 Å². The average molecular weight is 224 g/mol. The molecule has 1 rings (SSSR count). The van der Waals surface area contributed by atoms with Crippen LogP contribution in [0.25, 0.3) is 0 Å². The van der Waals surface area contributed by atoms with Crippen molar-refractivity contribution in [2.75, 3.05) is 0 Å². The summed E-state index contributed by atoms with van der Waals surface area (Å²) in [5.41, 5.74) is -1.43. The van der Waals surface area contributed by atoms with Crippen molar-refractivity contribution in [2.24, 2.45) is 21.7 Å². The van der Waals surface area contributed by atoms with Crippen LogP contribution in [0, 0.1) is 21.7 Å². The molecule has 0 aliphatic heterocycles. The Balaban J connectivity index is 3.50. The van der Waals surface area contributed by atoms with E-state index in [2.05, 4.69) is 27.7 Å². The third-order valence-corrected chi connectivity index (χ3v) is 5.00. The van der Waals surface area contributed by atoms with Crippen LogP contribution in [0.15, 0.2) is 0 Å². The maximum absolute atomic E-state index is 11.8. The van der Waals surface area contributed by atoms with E-state index in [1.807, 2.05) is 13.8 Å². The van der Waals surface area contributed by atoms with E-state index in [9.17, 15) is 9.59 Å². The molecular weight excluding hydrogens is 200 g/mol. The van der Waals surface area contributed by atoms with Gasteiger partial charge in [0.2, 0.25) is 0 Å². The van der Waals surface area contributed by atoms with Gasteiger partial charge < -0.3 is 9.59 Å². The van der Waals surface area contributed by atoms with Crippen LogP contribution in [0.3, 0.4) is 0 Å². The summed E-state index contributed by atoms with van der Waals surface area (Å²) in [5.74, 6) is 0. The first-order chi connectivity index (χ1) is 7.08. The summed E-state index contributed by atoms with van der Waals surface area (Å²) >= 11 is 0. The standard InChI is InChI=1S/C14H24O2/c1-11(2)7-8-12(3,4)14(11,10-16)13(5,6)9-15/h9-10H,7-8H2,1-6H3. The van der Waals surface area contributed by atoms with Gasteiger partial charge in [0, 0.05) is 10.8 Å². The van der Waals surface area contributed by atoms with Gasteiger partial charge in [-0.1, -0.05) is 41.5 Å². The van der Waals surface area contributed by atoms with Crippen LogP contribution in [-0.2, 0) is 9.59 Å². The van der Waals surface area contributed by atoms with Crippen molar-refractivity contribution >= 4 is 12.6 Å². The molecule has 1 aliphatic rings. The fourth-order valence-electron chi connectivity index (χ4n) is 4.24. The predicted octanol–water partition coefficient (Wildman–Crippen LogP) is 3.24. The first-order valence-corrected chi connectivity index (χ1v) is 6.01. The first-order valence-electron chi connectivity index (χ1n) is 6.01. The Morgan fingerprint density at radius 2 is 1.31 bits per heavy atom. The van der Waals surface area contributed by atoms with Crippen LogP contribution in [0.4, 0.5) is 0 Å². The van der Waals surface area contributed by atoms with Crippen molar-refractivity contribution < 1.29 is 9.59 Å². The lowest BCUT2D eigenvalue weighted by Crippen LogP contribution is -2.55. The third kappa shape index (κ3) is 1.31. The van der Waals surface area contributed by atoms with Crippen LogP contribution in [0.5, 0.6) is 0 Å². The predicted molar refractivity (Wildman–Crippen MR) is 65.1 cm³/mol. The Labute approximate surface area is 98.8 Å². The van der Waals surface area contributed by atoms with E-state index in [-0.39, 0.29) is 10.8 Å². The van der Waals surface area contributed by atoms with Gasteiger partial charge in [0.05, 0.1) is 0 Å². The van der Waals surface area contributed by atoms with Gasteiger partial charge in [-0.05, 0) is 23.7 Å². The van der Waals surface area contributed by atoms with E-state index in [1.54, 1.807) is 0 Å². The zero-order chi connectivity index (χ0) is 12.8. The molecule has 0 unspecified atom stereocenters. The van der Waals surface area contributed by atoms with Gasteiger partial charge in [-0.2, -0.15) is 0 Å². The largest absolute Gasteiger partial charge is 0.303 e. The molecule has 0 amide bonds. The number of aldehydes is 2. The maximum Gasteiger partial charge on any atom is 0.128 e. The van der Waals surface area contributed by atoms with Crippen LogP contribution in [0.1, 0.15) is 54.4 Å². The van der Waals surface area contributed by atoms with E-state index < -0.39 is 10.8 Å². The number of hydrogen-bond acceptors (Lipinski definition) is 2. The van der Waals surface area contributed by atoms with E-state index in [1.165, 1.54) is 0 Å². The minimum absolute atomic E-state index is 0.122. The summed E-state index contributed by atoms with van der Waals surface area (Å²) in [5, 5.41) is 0. The monoisotopic (exact) mass is 224 g/mol. The number of hydrogen-bond donors (Lipinski definition) is 0. The second-order valence-electron chi connectivity index (χ2n) is 7.03. The van der Waals surface area contributed by atoms with E-state index in [4.69, 9.17) is 0 Å². The topological polar surface area (TPSA) is 34.1 Å². The molecule has 1 aliphatic carbocycles. The zero-order valence-corrected chi connectivity index (χ0v) is 11.4. The average Bonchev–Trinajstić information content (AvgIpc) is 2.34. The fraction of sp³-hybridized carbons (Fsp3) is 0.857. The van der Waals surface area contributed by atoms with Crippen LogP contribution in [-0.4, -0.2) is 12.6 Å². The molecule has 16 heavy (non-hydrogen) atoms. The Hall–Kier alpha value is -0.660. The zero-order valence-electron chi connectivity index (χ0n) is 11.4.